The smallest absolute Gasteiger partial charge is 0.216 e. The van der Waals surface area contributed by atoms with Crippen LogP contribution in [0.1, 0.15) is 19.0 Å². The number of halogens is 1. The van der Waals surface area contributed by atoms with Crippen molar-refractivity contribution in [3.05, 3.63) is 23.1 Å². The SMILES string of the molecule is CCCc1cc(F)nc(-c2csnn2)n1. The number of aromatic nitrogens is 4. The van der Waals surface area contributed by atoms with E-state index in [4.69, 9.17) is 0 Å². The van der Waals surface area contributed by atoms with Crippen LogP contribution in [-0.2, 0) is 6.42 Å². The van der Waals surface area contributed by atoms with Crippen molar-refractivity contribution in [3.8, 4) is 11.5 Å². The summed E-state index contributed by atoms with van der Waals surface area (Å²) in [4.78, 5) is 7.90. The Morgan fingerprint density at radius 1 is 1.40 bits per heavy atom. The van der Waals surface area contributed by atoms with Crippen LogP contribution in [0.15, 0.2) is 11.4 Å². The van der Waals surface area contributed by atoms with E-state index in [-0.39, 0.29) is 0 Å². The Balaban J connectivity index is 2.40. The maximum absolute atomic E-state index is 13.1. The van der Waals surface area contributed by atoms with Gasteiger partial charge in [0.1, 0.15) is 5.69 Å². The second-order valence-electron chi connectivity index (χ2n) is 3.05. The molecule has 0 saturated carbocycles. The topological polar surface area (TPSA) is 51.6 Å². The molecule has 0 spiro atoms. The predicted octanol–water partition coefficient (Wildman–Crippen LogP) is 2.09. The Kier molecular flexibility index (Phi) is 2.96. The van der Waals surface area contributed by atoms with Crippen LogP contribution in [0.25, 0.3) is 11.5 Å². The molecular formula is C9H9FN4S. The molecule has 0 aliphatic rings. The molecule has 2 aromatic heterocycles. The fourth-order valence-electron chi connectivity index (χ4n) is 1.23. The maximum Gasteiger partial charge on any atom is 0.216 e. The first-order valence-electron chi connectivity index (χ1n) is 4.60. The standard InChI is InChI=1S/C9H9FN4S/c1-2-3-6-4-8(10)12-9(11-6)7-5-15-14-13-7/h4-5H,2-3H2,1H3. The Morgan fingerprint density at radius 3 is 2.93 bits per heavy atom. The molecule has 0 radical (unpaired) electrons. The molecule has 4 nitrogen and oxygen atoms in total. The molecule has 0 amide bonds. The van der Waals surface area contributed by atoms with Crippen molar-refractivity contribution in [1.29, 1.82) is 0 Å². The monoisotopic (exact) mass is 224 g/mol. The molecule has 2 rings (SSSR count). The third-order valence-corrected chi connectivity index (χ3v) is 2.35. The van der Waals surface area contributed by atoms with Crippen molar-refractivity contribution in [2.24, 2.45) is 0 Å². The minimum absolute atomic E-state index is 0.312. The van der Waals surface area contributed by atoms with E-state index in [1.54, 1.807) is 5.38 Å². The lowest BCUT2D eigenvalue weighted by molar-refractivity contribution is 0.576. The molecule has 2 heterocycles. The molecule has 0 unspecified atom stereocenters. The van der Waals surface area contributed by atoms with Gasteiger partial charge in [-0.2, -0.15) is 9.37 Å². The molecule has 0 aliphatic carbocycles. The van der Waals surface area contributed by atoms with Crippen LogP contribution in [0.5, 0.6) is 0 Å². The number of rotatable bonds is 3. The zero-order valence-electron chi connectivity index (χ0n) is 8.14. The first-order chi connectivity index (χ1) is 7.29. The highest BCUT2D eigenvalue weighted by Crippen LogP contribution is 2.14. The molecule has 0 aromatic carbocycles. The minimum Gasteiger partial charge on any atom is -0.231 e. The highest BCUT2D eigenvalue weighted by Gasteiger charge is 2.08. The first kappa shape index (κ1) is 10.1. The molecule has 0 atom stereocenters. The number of aryl methyl sites for hydroxylation is 1. The molecule has 78 valence electrons. The summed E-state index contributed by atoms with van der Waals surface area (Å²) in [6.07, 6.45) is 1.66. The van der Waals surface area contributed by atoms with Gasteiger partial charge in [0.2, 0.25) is 5.95 Å². The molecule has 6 heteroatoms. The summed E-state index contributed by atoms with van der Waals surface area (Å²) in [7, 11) is 0. The lowest BCUT2D eigenvalue weighted by Gasteiger charge is -2.00. The molecule has 0 N–H and O–H groups in total. The normalized spacial score (nSPS) is 10.5. The van der Waals surface area contributed by atoms with E-state index in [1.165, 1.54) is 17.6 Å². The average Bonchev–Trinajstić information content (AvgIpc) is 2.70. The van der Waals surface area contributed by atoms with Crippen molar-refractivity contribution in [2.45, 2.75) is 19.8 Å². The third-order valence-electron chi connectivity index (χ3n) is 1.84. The lowest BCUT2D eigenvalue weighted by Crippen LogP contribution is -1.98. The Morgan fingerprint density at radius 2 is 2.27 bits per heavy atom. The van der Waals surface area contributed by atoms with Crippen LogP contribution in [0.4, 0.5) is 4.39 Å². The highest BCUT2D eigenvalue weighted by molar-refractivity contribution is 7.03. The summed E-state index contributed by atoms with van der Waals surface area (Å²) in [5.41, 5.74) is 1.23. The summed E-state index contributed by atoms with van der Waals surface area (Å²) in [6.45, 7) is 2.02. The summed E-state index contributed by atoms with van der Waals surface area (Å²) in [6, 6.07) is 1.35. The van der Waals surface area contributed by atoms with Crippen LogP contribution >= 0.6 is 11.5 Å². The maximum atomic E-state index is 13.1. The van der Waals surface area contributed by atoms with Crippen LogP contribution in [-0.4, -0.2) is 19.6 Å². The fraction of sp³-hybridized carbons (Fsp3) is 0.333. The predicted molar refractivity (Wildman–Crippen MR) is 54.9 cm³/mol. The summed E-state index contributed by atoms with van der Waals surface area (Å²) in [5, 5.41) is 5.50. The second-order valence-corrected chi connectivity index (χ2v) is 3.66. The molecule has 0 fully saturated rings. The fourth-order valence-corrected chi connectivity index (χ4v) is 1.66. The van der Waals surface area contributed by atoms with E-state index < -0.39 is 5.95 Å². The van der Waals surface area contributed by atoms with Crippen LogP contribution in [0, 0.1) is 5.95 Å². The zero-order chi connectivity index (χ0) is 10.7. The van der Waals surface area contributed by atoms with Gasteiger partial charge in [0.15, 0.2) is 5.82 Å². The van der Waals surface area contributed by atoms with Gasteiger partial charge in [0.05, 0.1) is 0 Å². The van der Waals surface area contributed by atoms with Crippen molar-refractivity contribution in [3.63, 3.8) is 0 Å². The van der Waals surface area contributed by atoms with E-state index in [0.717, 1.165) is 12.8 Å². The van der Waals surface area contributed by atoms with Crippen LogP contribution in [0.2, 0.25) is 0 Å². The third kappa shape index (κ3) is 2.33. The quantitative estimate of drug-likeness (QED) is 0.749. The van der Waals surface area contributed by atoms with Gasteiger partial charge >= 0.3 is 0 Å². The van der Waals surface area contributed by atoms with E-state index >= 15 is 0 Å². The summed E-state index contributed by atoms with van der Waals surface area (Å²) in [5.74, 6) is -0.205. The molecule has 2 aromatic rings. The van der Waals surface area contributed by atoms with Gasteiger partial charge < -0.3 is 0 Å². The van der Waals surface area contributed by atoms with Crippen LogP contribution < -0.4 is 0 Å². The van der Waals surface area contributed by atoms with Crippen molar-refractivity contribution < 1.29 is 4.39 Å². The summed E-state index contributed by atoms with van der Waals surface area (Å²) >= 11 is 1.20. The number of nitrogens with zero attached hydrogens (tertiary/aromatic N) is 4. The Labute approximate surface area is 90.4 Å². The largest absolute Gasteiger partial charge is 0.231 e. The van der Waals surface area contributed by atoms with Gasteiger partial charge in [0.25, 0.3) is 0 Å². The number of hydrogen-bond donors (Lipinski definition) is 0. The van der Waals surface area contributed by atoms with E-state index in [0.29, 0.717) is 17.2 Å². The molecule has 0 bridgehead atoms. The van der Waals surface area contributed by atoms with Crippen molar-refractivity contribution >= 4 is 11.5 Å². The highest BCUT2D eigenvalue weighted by atomic mass is 32.1. The van der Waals surface area contributed by atoms with Gasteiger partial charge in [0, 0.05) is 17.1 Å². The Hall–Kier alpha value is -1.43. The van der Waals surface area contributed by atoms with Crippen molar-refractivity contribution in [1.82, 2.24) is 19.6 Å². The summed E-state index contributed by atoms with van der Waals surface area (Å²) < 4.78 is 16.8. The molecule has 15 heavy (non-hydrogen) atoms. The van der Waals surface area contributed by atoms with E-state index in [2.05, 4.69) is 19.6 Å². The molecule has 0 saturated heterocycles. The van der Waals surface area contributed by atoms with Crippen molar-refractivity contribution in [2.75, 3.05) is 0 Å². The van der Waals surface area contributed by atoms with E-state index in [1.807, 2.05) is 6.92 Å². The zero-order valence-corrected chi connectivity index (χ0v) is 8.96. The Bertz CT molecular complexity index is 443. The van der Waals surface area contributed by atoms with Gasteiger partial charge in [-0.3, -0.25) is 0 Å². The van der Waals surface area contributed by atoms with Gasteiger partial charge in [-0.25, -0.2) is 4.98 Å². The minimum atomic E-state index is -0.517. The van der Waals surface area contributed by atoms with Gasteiger partial charge in [-0.05, 0) is 18.0 Å². The molecule has 0 aliphatic heterocycles. The van der Waals surface area contributed by atoms with Gasteiger partial charge in [-0.1, -0.05) is 17.8 Å². The van der Waals surface area contributed by atoms with Gasteiger partial charge in [-0.15, -0.1) is 5.10 Å². The average molecular weight is 224 g/mol. The molecular weight excluding hydrogens is 215 g/mol. The van der Waals surface area contributed by atoms with Crippen LogP contribution in [0.3, 0.4) is 0 Å². The first-order valence-corrected chi connectivity index (χ1v) is 5.44. The lowest BCUT2D eigenvalue weighted by atomic mass is 10.2. The second kappa shape index (κ2) is 4.39. The van der Waals surface area contributed by atoms with E-state index in [9.17, 15) is 4.39 Å². The number of hydrogen-bond acceptors (Lipinski definition) is 5.